The van der Waals surface area contributed by atoms with Crippen LogP contribution in [0.2, 0.25) is 0 Å². The van der Waals surface area contributed by atoms with Crippen molar-refractivity contribution >= 4 is 5.91 Å². The van der Waals surface area contributed by atoms with Crippen LogP contribution in [-0.2, 0) is 9.53 Å². The second kappa shape index (κ2) is 5.99. The third kappa shape index (κ3) is 3.22. The quantitative estimate of drug-likeness (QED) is 0.750. The molecule has 2 aliphatic heterocycles. The minimum Gasteiger partial charge on any atom is -0.364 e. The van der Waals surface area contributed by atoms with E-state index in [2.05, 4.69) is 24.2 Å². The van der Waals surface area contributed by atoms with Crippen LogP contribution < -0.4 is 11.1 Å². The highest BCUT2D eigenvalue weighted by molar-refractivity contribution is 5.81. The number of carbonyl (C=O) groups excluding carboxylic acids is 1. The lowest BCUT2D eigenvalue weighted by molar-refractivity contribution is -0.133. The molecule has 0 aliphatic carbocycles. The van der Waals surface area contributed by atoms with Crippen LogP contribution in [0.5, 0.6) is 0 Å². The number of nitrogens with two attached hydrogens (primary N) is 1. The van der Waals surface area contributed by atoms with Gasteiger partial charge in [0.15, 0.2) is 0 Å². The third-order valence-corrected chi connectivity index (χ3v) is 4.22. The van der Waals surface area contributed by atoms with Gasteiger partial charge in [-0.05, 0) is 39.7 Å². The van der Waals surface area contributed by atoms with Crippen LogP contribution in [0.15, 0.2) is 0 Å². The molecule has 2 heterocycles. The molecule has 0 aromatic carbocycles. The molecular weight excluding hydrogens is 230 g/mol. The lowest BCUT2D eigenvalue weighted by Crippen LogP contribution is -2.49. The lowest BCUT2D eigenvalue weighted by atomic mass is 9.98. The third-order valence-electron chi connectivity index (χ3n) is 4.22. The Morgan fingerprint density at radius 1 is 1.44 bits per heavy atom. The van der Waals surface area contributed by atoms with E-state index < -0.39 is 0 Å². The first-order chi connectivity index (χ1) is 8.60. The molecule has 2 fully saturated rings. The molecule has 5 heteroatoms. The Hall–Kier alpha value is -0.650. The Labute approximate surface area is 109 Å². The molecule has 0 spiro atoms. The van der Waals surface area contributed by atoms with E-state index in [1.165, 1.54) is 0 Å². The van der Waals surface area contributed by atoms with E-state index in [1.807, 2.05) is 0 Å². The van der Waals surface area contributed by atoms with Gasteiger partial charge in [0.25, 0.3) is 0 Å². The van der Waals surface area contributed by atoms with E-state index >= 15 is 0 Å². The van der Waals surface area contributed by atoms with Gasteiger partial charge in [-0.2, -0.15) is 0 Å². The largest absolute Gasteiger partial charge is 0.364 e. The second-order valence-corrected chi connectivity index (χ2v) is 5.62. The summed E-state index contributed by atoms with van der Waals surface area (Å²) in [7, 11) is 2.13. The van der Waals surface area contributed by atoms with E-state index in [4.69, 9.17) is 10.5 Å². The van der Waals surface area contributed by atoms with Crippen molar-refractivity contribution in [2.45, 2.75) is 56.9 Å². The van der Waals surface area contributed by atoms with Crippen LogP contribution in [0.4, 0.5) is 0 Å². The number of rotatable bonds is 3. The van der Waals surface area contributed by atoms with Crippen molar-refractivity contribution < 1.29 is 9.53 Å². The number of ether oxygens (including phenoxy) is 1. The zero-order chi connectivity index (χ0) is 13.1. The maximum absolute atomic E-state index is 12.1. The van der Waals surface area contributed by atoms with Gasteiger partial charge in [-0.3, -0.25) is 4.79 Å². The molecule has 2 rings (SSSR count). The summed E-state index contributed by atoms with van der Waals surface area (Å²) in [5, 5.41) is 3.12. The minimum atomic E-state index is -0.284. The van der Waals surface area contributed by atoms with Crippen molar-refractivity contribution in [2.24, 2.45) is 5.73 Å². The van der Waals surface area contributed by atoms with Crippen molar-refractivity contribution in [3.63, 3.8) is 0 Å². The predicted molar refractivity (Wildman–Crippen MR) is 70.2 cm³/mol. The van der Waals surface area contributed by atoms with Crippen LogP contribution in [0.25, 0.3) is 0 Å². The summed E-state index contributed by atoms with van der Waals surface area (Å²) in [6.07, 6.45) is 3.54. The first-order valence-electron chi connectivity index (χ1n) is 6.96. The van der Waals surface area contributed by atoms with Gasteiger partial charge in [-0.15, -0.1) is 0 Å². The second-order valence-electron chi connectivity index (χ2n) is 5.62. The zero-order valence-corrected chi connectivity index (χ0v) is 11.4. The molecule has 0 aromatic rings. The maximum atomic E-state index is 12.1. The number of likely N-dealkylation sites (tertiary alicyclic amines) is 1. The Kier molecular flexibility index (Phi) is 4.59. The van der Waals surface area contributed by atoms with Crippen molar-refractivity contribution in [1.29, 1.82) is 0 Å². The normalized spacial score (nSPS) is 37.7. The van der Waals surface area contributed by atoms with Gasteiger partial charge in [0.1, 0.15) is 6.10 Å². The summed E-state index contributed by atoms with van der Waals surface area (Å²) >= 11 is 0. The van der Waals surface area contributed by atoms with Crippen molar-refractivity contribution in [1.82, 2.24) is 10.2 Å². The van der Waals surface area contributed by atoms with Gasteiger partial charge in [0, 0.05) is 25.2 Å². The molecule has 3 N–H and O–H groups in total. The fourth-order valence-corrected chi connectivity index (χ4v) is 2.79. The van der Waals surface area contributed by atoms with Crippen molar-refractivity contribution in [3.05, 3.63) is 0 Å². The number of carbonyl (C=O) groups is 1. The average Bonchev–Trinajstić information content (AvgIpc) is 2.82. The number of hydrogen-bond donors (Lipinski definition) is 2. The highest BCUT2D eigenvalue weighted by atomic mass is 16.5. The monoisotopic (exact) mass is 255 g/mol. The molecule has 4 atom stereocenters. The highest BCUT2D eigenvalue weighted by Gasteiger charge is 2.32. The van der Waals surface area contributed by atoms with E-state index in [9.17, 15) is 4.79 Å². The Morgan fingerprint density at radius 2 is 2.22 bits per heavy atom. The van der Waals surface area contributed by atoms with Crippen molar-refractivity contribution in [2.75, 3.05) is 20.1 Å². The molecule has 18 heavy (non-hydrogen) atoms. The van der Waals surface area contributed by atoms with E-state index in [1.54, 1.807) is 0 Å². The molecule has 104 valence electrons. The molecule has 0 bridgehead atoms. The van der Waals surface area contributed by atoms with Gasteiger partial charge < -0.3 is 20.7 Å². The highest BCUT2D eigenvalue weighted by Crippen LogP contribution is 2.20. The summed E-state index contributed by atoms with van der Waals surface area (Å²) in [5.41, 5.74) is 5.55. The summed E-state index contributed by atoms with van der Waals surface area (Å²) in [4.78, 5) is 14.4. The zero-order valence-electron chi connectivity index (χ0n) is 11.4. The molecule has 0 radical (unpaired) electrons. The summed E-state index contributed by atoms with van der Waals surface area (Å²) in [6, 6.07) is 0.828. The van der Waals surface area contributed by atoms with Crippen LogP contribution in [0.3, 0.4) is 0 Å². The van der Waals surface area contributed by atoms with Gasteiger partial charge in [-0.1, -0.05) is 0 Å². The van der Waals surface area contributed by atoms with Crippen LogP contribution in [-0.4, -0.2) is 55.2 Å². The Balaban J connectivity index is 1.78. The van der Waals surface area contributed by atoms with E-state index in [0.29, 0.717) is 18.6 Å². The number of nitrogens with one attached hydrogen (secondary N) is 1. The fraction of sp³-hybridized carbons (Fsp3) is 0.923. The number of amides is 1. The van der Waals surface area contributed by atoms with Gasteiger partial charge in [0.2, 0.25) is 5.91 Å². The topological polar surface area (TPSA) is 67.6 Å². The summed E-state index contributed by atoms with van der Waals surface area (Å²) in [6.45, 7) is 3.76. The first-order valence-corrected chi connectivity index (χ1v) is 6.96. The standard InChI is InChI=1S/C13H25N3O2/c1-9-7-10(5-6-16(9)2)15-13(17)12-4-3-11(8-14)18-12/h9-12H,3-8,14H2,1-2H3,(H,15,17)/t9?,10?,11-,12+/m1/s1. The fourth-order valence-electron chi connectivity index (χ4n) is 2.79. The van der Waals surface area contributed by atoms with Gasteiger partial charge in [0.05, 0.1) is 6.10 Å². The summed E-state index contributed by atoms with van der Waals surface area (Å²) < 4.78 is 5.61. The molecule has 2 unspecified atom stereocenters. The lowest BCUT2D eigenvalue weighted by Gasteiger charge is -2.35. The first kappa shape index (κ1) is 13.8. The molecule has 0 saturated carbocycles. The molecule has 1 amide bonds. The SMILES string of the molecule is CC1CC(NC(=O)[C@@H]2CC[C@H](CN)O2)CCN1C. The average molecular weight is 255 g/mol. The van der Waals surface area contributed by atoms with Gasteiger partial charge >= 0.3 is 0 Å². The van der Waals surface area contributed by atoms with E-state index in [-0.39, 0.29) is 18.1 Å². The van der Waals surface area contributed by atoms with E-state index in [0.717, 1.165) is 32.2 Å². The Bertz CT molecular complexity index is 298. The number of piperidine rings is 1. The van der Waals surface area contributed by atoms with Crippen LogP contribution >= 0.6 is 0 Å². The number of nitrogens with zero attached hydrogens (tertiary/aromatic N) is 1. The Morgan fingerprint density at radius 3 is 2.83 bits per heavy atom. The maximum Gasteiger partial charge on any atom is 0.249 e. The molecule has 0 aromatic heterocycles. The molecule has 2 saturated heterocycles. The number of hydrogen-bond acceptors (Lipinski definition) is 4. The van der Waals surface area contributed by atoms with Crippen LogP contribution in [0, 0.1) is 0 Å². The minimum absolute atomic E-state index is 0.0488. The predicted octanol–water partition coefficient (Wildman–Crippen LogP) is 0.0916. The molecular formula is C13H25N3O2. The van der Waals surface area contributed by atoms with Crippen molar-refractivity contribution in [3.8, 4) is 0 Å². The smallest absolute Gasteiger partial charge is 0.249 e. The molecule has 2 aliphatic rings. The van der Waals surface area contributed by atoms with Gasteiger partial charge in [-0.25, -0.2) is 0 Å². The molecule has 5 nitrogen and oxygen atoms in total. The summed E-state index contributed by atoms with van der Waals surface area (Å²) in [5.74, 6) is 0.0488. The van der Waals surface area contributed by atoms with Crippen LogP contribution in [0.1, 0.15) is 32.6 Å².